The predicted octanol–water partition coefficient (Wildman–Crippen LogP) is 1.08. The minimum absolute atomic E-state index is 0.117. The van der Waals surface area contributed by atoms with Gasteiger partial charge in [0, 0.05) is 12.2 Å². The summed E-state index contributed by atoms with van der Waals surface area (Å²) in [6, 6.07) is 6.46. The number of nitrogens with two attached hydrogens (primary N) is 1. The molecule has 0 heterocycles. The number of anilines is 1. The van der Waals surface area contributed by atoms with E-state index in [-0.39, 0.29) is 12.6 Å². The first-order valence-corrected chi connectivity index (χ1v) is 6.06. The van der Waals surface area contributed by atoms with Crippen LogP contribution in [0.2, 0.25) is 0 Å². The van der Waals surface area contributed by atoms with Crippen molar-refractivity contribution in [1.29, 1.82) is 0 Å². The van der Waals surface area contributed by atoms with Crippen LogP contribution in [0.4, 0.5) is 10.5 Å². The molecule has 0 saturated carbocycles. The van der Waals surface area contributed by atoms with Gasteiger partial charge in [-0.15, -0.1) is 0 Å². The van der Waals surface area contributed by atoms with Crippen molar-refractivity contribution in [3.63, 3.8) is 0 Å². The van der Waals surface area contributed by atoms with Crippen LogP contribution in [0.15, 0.2) is 24.3 Å². The average molecular weight is 265 g/mol. The molecule has 4 N–H and O–H groups in total. The normalized spacial score (nSPS) is 11.7. The molecule has 0 aliphatic carbocycles. The van der Waals surface area contributed by atoms with Gasteiger partial charge < -0.3 is 21.1 Å². The highest BCUT2D eigenvalue weighted by atomic mass is 16.3. The van der Waals surface area contributed by atoms with Gasteiger partial charge in [-0.2, -0.15) is 0 Å². The number of primary amides is 1. The van der Waals surface area contributed by atoms with Gasteiger partial charge in [0.05, 0.1) is 6.10 Å². The van der Waals surface area contributed by atoms with Crippen molar-refractivity contribution < 1.29 is 14.7 Å². The van der Waals surface area contributed by atoms with Crippen molar-refractivity contribution in [1.82, 2.24) is 4.90 Å². The number of hydrogen-bond acceptors (Lipinski definition) is 3. The highest BCUT2D eigenvalue weighted by Gasteiger charge is 2.13. The first-order chi connectivity index (χ1) is 8.93. The monoisotopic (exact) mass is 265 g/mol. The van der Waals surface area contributed by atoms with Crippen LogP contribution in [-0.4, -0.2) is 35.0 Å². The largest absolute Gasteiger partial charge is 0.389 e. The SMILES string of the molecule is CCN(CC(N)=O)C(=O)Nc1ccc(C(C)O)cc1. The summed E-state index contributed by atoms with van der Waals surface area (Å²) in [7, 11) is 0. The molecule has 6 heteroatoms. The maximum Gasteiger partial charge on any atom is 0.322 e. The van der Waals surface area contributed by atoms with E-state index in [4.69, 9.17) is 5.73 Å². The van der Waals surface area contributed by atoms with Gasteiger partial charge in [-0.3, -0.25) is 4.79 Å². The van der Waals surface area contributed by atoms with Gasteiger partial charge in [-0.25, -0.2) is 4.79 Å². The highest BCUT2D eigenvalue weighted by Crippen LogP contribution is 2.15. The molecule has 1 aromatic rings. The van der Waals surface area contributed by atoms with Crippen LogP contribution in [-0.2, 0) is 4.79 Å². The Hall–Kier alpha value is -2.08. The van der Waals surface area contributed by atoms with Gasteiger partial charge in [0.2, 0.25) is 5.91 Å². The summed E-state index contributed by atoms with van der Waals surface area (Å²) in [6.07, 6.45) is -0.549. The first kappa shape index (κ1) is 15.0. The Morgan fingerprint density at radius 2 is 1.95 bits per heavy atom. The molecular formula is C13H19N3O3. The summed E-state index contributed by atoms with van der Waals surface area (Å²) >= 11 is 0. The smallest absolute Gasteiger partial charge is 0.322 e. The first-order valence-electron chi connectivity index (χ1n) is 6.06. The van der Waals surface area contributed by atoms with E-state index in [1.165, 1.54) is 4.90 Å². The van der Waals surface area contributed by atoms with Gasteiger partial charge in [-0.05, 0) is 31.5 Å². The summed E-state index contributed by atoms with van der Waals surface area (Å²) in [4.78, 5) is 24.0. The molecule has 0 saturated heterocycles. The zero-order valence-electron chi connectivity index (χ0n) is 11.1. The van der Waals surface area contributed by atoms with Crippen LogP contribution >= 0.6 is 0 Å². The number of nitrogens with zero attached hydrogens (tertiary/aromatic N) is 1. The molecule has 6 nitrogen and oxygen atoms in total. The molecule has 19 heavy (non-hydrogen) atoms. The van der Waals surface area contributed by atoms with Gasteiger partial charge in [-0.1, -0.05) is 12.1 Å². The maximum atomic E-state index is 11.9. The van der Waals surface area contributed by atoms with Gasteiger partial charge in [0.25, 0.3) is 0 Å². The summed E-state index contributed by atoms with van der Waals surface area (Å²) in [5.41, 5.74) is 6.43. The Morgan fingerprint density at radius 1 is 1.37 bits per heavy atom. The van der Waals surface area contributed by atoms with E-state index >= 15 is 0 Å². The van der Waals surface area contributed by atoms with Crippen molar-refractivity contribution >= 4 is 17.6 Å². The fraction of sp³-hybridized carbons (Fsp3) is 0.385. The third-order valence-electron chi connectivity index (χ3n) is 2.66. The third kappa shape index (κ3) is 4.59. The average Bonchev–Trinajstić information content (AvgIpc) is 2.36. The number of aliphatic hydroxyl groups is 1. The second-order valence-corrected chi connectivity index (χ2v) is 4.21. The predicted molar refractivity (Wildman–Crippen MR) is 72.5 cm³/mol. The molecular weight excluding hydrogens is 246 g/mol. The zero-order chi connectivity index (χ0) is 14.4. The molecule has 0 spiro atoms. The molecule has 0 bridgehead atoms. The molecule has 1 rings (SSSR count). The van der Waals surface area contributed by atoms with E-state index in [0.717, 1.165) is 5.56 Å². The number of urea groups is 1. The Labute approximate surface area is 112 Å². The standard InChI is InChI=1S/C13H19N3O3/c1-3-16(8-12(14)18)13(19)15-11-6-4-10(5-7-11)9(2)17/h4-7,9,17H,3,8H2,1-2H3,(H2,14,18)(H,15,19). The van der Waals surface area contributed by atoms with E-state index in [0.29, 0.717) is 12.2 Å². The number of carbonyl (C=O) groups is 2. The van der Waals surface area contributed by atoms with Crippen LogP contribution in [0.3, 0.4) is 0 Å². The number of carbonyl (C=O) groups excluding carboxylic acids is 2. The van der Waals surface area contributed by atoms with Gasteiger partial charge in [0.1, 0.15) is 6.54 Å². The second-order valence-electron chi connectivity index (χ2n) is 4.21. The molecule has 0 fully saturated rings. The number of benzene rings is 1. The summed E-state index contributed by atoms with van der Waals surface area (Å²) in [5, 5.41) is 12.0. The Balaban J connectivity index is 2.67. The molecule has 1 unspecified atom stereocenters. The minimum Gasteiger partial charge on any atom is -0.389 e. The summed E-state index contributed by atoms with van der Waals surface area (Å²) in [5.74, 6) is -0.554. The zero-order valence-corrected chi connectivity index (χ0v) is 11.1. The lowest BCUT2D eigenvalue weighted by Crippen LogP contribution is -2.40. The minimum atomic E-state index is -0.554. The fourth-order valence-corrected chi connectivity index (χ4v) is 1.56. The topological polar surface area (TPSA) is 95.7 Å². The molecule has 0 radical (unpaired) electrons. The molecule has 0 aromatic heterocycles. The second kappa shape index (κ2) is 6.75. The maximum absolute atomic E-state index is 11.9. The summed E-state index contributed by atoms with van der Waals surface area (Å²) < 4.78 is 0. The molecule has 104 valence electrons. The van der Waals surface area contributed by atoms with Crippen LogP contribution in [0.25, 0.3) is 0 Å². The van der Waals surface area contributed by atoms with Crippen molar-refractivity contribution in [3.8, 4) is 0 Å². The lowest BCUT2D eigenvalue weighted by atomic mass is 10.1. The highest BCUT2D eigenvalue weighted by molar-refractivity contribution is 5.92. The number of hydrogen-bond donors (Lipinski definition) is 3. The third-order valence-corrected chi connectivity index (χ3v) is 2.66. The lowest BCUT2D eigenvalue weighted by molar-refractivity contribution is -0.118. The van der Waals surface area contributed by atoms with Crippen LogP contribution in [0.1, 0.15) is 25.5 Å². The van der Waals surface area contributed by atoms with Crippen LogP contribution in [0, 0.1) is 0 Å². The van der Waals surface area contributed by atoms with E-state index in [1.54, 1.807) is 38.1 Å². The Bertz CT molecular complexity index is 443. The quantitative estimate of drug-likeness (QED) is 0.743. The van der Waals surface area contributed by atoms with Gasteiger partial charge in [0.15, 0.2) is 0 Å². The molecule has 0 aliphatic rings. The Morgan fingerprint density at radius 3 is 2.37 bits per heavy atom. The molecule has 1 aromatic carbocycles. The fourth-order valence-electron chi connectivity index (χ4n) is 1.56. The van der Waals surface area contributed by atoms with Crippen molar-refractivity contribution in [2.75, 3.05) is 18.4 Å². The van der Waals surface area contributed by atoms with Crippen molar-refractivity contribution in [2.45, 2.75) is 20.0 Å². The van der Waals surface area contributed by atoms with Crippen LogP contribution < -0.4 is 11.1 Å². The number of amides is 3. The summed E-state index contributed by atoms with van der Waals surface area (Å²) in [6.45, 7) is 3.70. The van der Waals surface area contributed by atoms with E-state index in [2.05, 4.69) is 5.32 Å². The number of rotatable bonds is 5. The lowest BCUT2D eigenvalue weighted by Gasteiger charge is -2.19. The van der Waals surface area contributed by atoms with Crippen molar-refractivity contribution in [2.24, 2.45) is 5.73 Å². The van der Waals surface area contributed by atoms with Gasteiger partial charge >= 0.3 is 6.03 Å². The molecule has 3 amide bonds. The van der Waals surface area contributed by atoms with Crippen LogP contribution in [0.5, 0.6) is 0 Å². The number of nitrogens with one attached hydrogen (secondary N) is 1. The number of likely N-dealkylation sites (N-methyl/N-ethyl adjacent to an activating group) is 1. The van der Waals surface area contributed by atoms with Crippen molar-refractivity contribution in [3.05, 3.63) is 29.8 Å². The Kier molecular flexibility index (Phi) is 5.32. The van der Waals surface area contributed by atoms with E-state index in [1.807, 2.05) is 0 Å². The van der Waals surface area contributed by atoms with E-state index in [9.17, 15) is 14.7 Å². The van der Waals surface area contributed by atoms with E-state index < -0.39 is 12.0 Å². The number of aliphatic hydroxyl groups excluding tert-OH is 1. The molecule has 0 aliphatic heterocycles. The molecule has 1 atom stereocenters.